The van der Waals surface area contributed by atoms with E-state index in [1.165, 1.54) is 16.7 Å². The number of halogens is 1. The highest BCUT2D eigenvalue weighted by Gasteiger charge is 2.04. The van der Waals surface area contributed by atoms with Crippen molar-refractivity contribution in [2.75, 3.05) is 13.1 Å². The molecule has 0 saturated carbocycles. The monoisotopic (exact) mass is 423 g/mol. The lowest BCUT2D eigenvalue weighted by Gasteiger charge is -2.11. The number of nitrogens with two attached hydrogens (primary N) is 1. The Balaban J connectivity index is 0.00000264. The van der Waals surface area contributed by atoms with Crippen LogP contribution in [-0.4, -0.2) is 19.0 Å². The molecule has 0 aliphatic rings. The minimum Gasteiger partial charge on any atom is -0.370 e. The summed E-state index contributed by atoms with van der Waals surface area (Å²) in [5.41, 5.74) is 9.82. The lowest BCUT2D eigenvalue weighted by molar-refractivity contribution is 0.761. The highest BCUT2D eigenvalue weighted by atomic mass is 127. The third-order valence-electron chi connectivity index (χ3n) is 3.71. The molecule has 0 saturated heterocycles. The molecule has 3 nitrogen and oxygen atoms in total. The molecule has 0 aliphatic heterocycles. The number of rotatable bonds is 6. The third-order valence-corrected chi connectivity index (χ3v) is 3.71. The van der Waals surface area contributed by atoms with E-state index in [1.807, 2.05) is 6.07 Å². The molecule has 124 valence electrons. The molecule has 0 radical (unpaired) electrons. The zero-order valence-corrected chi connectivity index (χ0v) is 16.2. The first kappa shape index (κ1) is 19.5. The minimum atomic E-state index is 0. The summed E-state index contributed by atoms with van der Waals surface area (Å²) in [6.07, 6.45) is 0.949. The topological polar surface area (TPSA) is 50.4 Å². The lowest BCUT2D eigenvalue weighted by atomic mass is 10.00. The van der Waals surface area contributed by atoms with Gasteiger partial charge in [0.05, 0.1) is 0 Å². The SMILES string of the molecule is Cc1cccc(C(C)CN=C(N)NCCc2ccccc2)c1.I. The van der Waals surface area contributed by atoms with E-state index in [0.717, 1.165) is 13.0 Å². The zero-order chi connectivity index (χ0) is 15.8. The van der Waals surface area contributed by atoms with Gasteiger partial charge in [0.15, 0.2) is 5.96 Å². The molecule has 0 bridgehead atoms. The van der Waals surface area contributed by atoms with Crippen molar-refractivity contribution in [3.63, 3.8) is 0 Å². The average molecular weight is 423 g/mol. The van der Waals surface area contributed by atoms with E-state index in [2.05, 4.69) is 72.7 Å². The standard InChI is InChI=1S/C19H25N3.HI/c1-15-7-6-10-18(13-15)16(2)14-22-19(20)21-12-11-17-8-4-3-5-9-17;/h3-10,13,16H,11-12,14H2,1-2H3,(H3,20,21,22);1H. The fourth-order valence-corrected chi connectivity index (χ4v) is 2.35. The van der Waals surface area contributed by atoms with Crippen LogP contribution in [0, 0.1) is 6.92 Å². The minimum absolute atomic E-state index is 0. The number of hydrogen-bond acceptors (Lipinski definition) is 1. The molecule has 0 spiro atoms. The summed E-state index contributed by atoms with van der Waals surface area (Å²) < 4.78 is 0. The Morgan fingerprint density at radius 3 is 2.57 bits per heavy atom. The van der Waals surface area contributed by atoms with Gasteiger partial charge in [-0.05, 0) is 24.5 Å². The van der Waals surface area contributed by atoms with Gasteiger partial charge in [-0.15, -0.1) is 24.0 Å². The van der Waals surface area contributed by atoms with E-state index < -0.39 is 0 Å². The largest absolute Gasteiger partial charge is 0.370 e. The molecule has 23 heavy (non-hydrogen) atoms. The van der Waals surface area contributed by atoms with Crippen LogP contribution < -0.4 is 11.1 Å². The number of aryl methyl sites for hydroxylation is 1. The maximum atomic E-state index is 5.93. The predicted molar refractivity (Wildman–Crippen MR) is 110 cm³/mol. The molecule has 4 heteroatoms. The normalized spacial score (nSPS) is 12.3. The Morgan fingerprint density at radius 1 is 1.13 bits per heavy atom. The molecular weight excluding hydrogens is 397 g/mol. The first-order valence-electron chi connectivity index (χ1n) is 7.79. The van der Waals surface area contributed by atoms with Gasteiger partial charge in [0.25, 0.3) is 0 Å². The van der Waals surface area contributed by atoms with Crippen LogP contribution in [0.1, 0.15) is 29.5 Å². The van der Waals surface area contributed by atoms with Crippen molar-refractivity contribution in [2.24, 2.45) is 10.7 Å². The fraction of sp³-hybridized carbons (Fsp3) is 0.316. The number of nitrogens with one attached hydrogen (secondary N) is 1. The Kier molecular flexibility index (Phi) is 8.69. The van der Waals surface area contributed by atoms with Crippen molar-refractivity contribution in [2.45, 2.75) is 26.2 Å². The summed E-state index contributed by atoms with van der Waals surface area (Å²) in [6, 6.07) is 18.9. The second-order valence-corrected chi connectivity index (χ2v) is 5.70. The number of nitrogens with zero attached hydrogens (tertiary/aromatic N) is 1. The van der Waals surface area contributed by atoms with E-state index in [-0.39, 0.29) is 24.0 Å². The van der Waals surface area contributed by atoms with E-state index in [4.69, 9.17) is 5.73 Å². The first-order chi connectivity index (χ1) is 10.6. The summed E-state index contributed by atoms with van der Waals surface area (Å²) in [5, 5.41) is 3.18. The molecule has 0 aromatic heterocycles. The number of aliphatic imine (C=N–C) groups is 1. The number of guanidine groups is 1. The number of benzene rings is 2. The van der Waals surface area contributed by atoms with Gasteiger partial charge in [0, 0.05) is 19.0 Å². The summed E-state index contributed by atoms with van der Waals surface area (Å²) in [5.74, 6) is 0.893. The van der Waals surface area contributed by atoms with Crippen molar-refractivity contribution < 1.29 is 0 Å². The van der Waals surface area contributed by atoms with Gasteiger partial charge >= 0.3 is 0 Å². The Hall–Kier alpha value is -1.56. The van der Waals surface area contributed by atoms with Crippen LogP contribution in [0.25, 0.3) is 0 Å². The summed E-state index contributed by atoms with van der Waals surface area (Å²) in [7, 11) is 0. The lowest BCUT2D eigenvalue weighted by Crippen LogP contribution is -2.33. The predicted octanol–water partition coefficient (Wildman–Crippen LogP) is 3.86. The van der Waals surface area contributed by atoms with Crippen LogP contribution in [0.4, 0.5) is 0 Å². The maximum absolute atomic E-state index is 5.93. The van der Waals surface area contributed by atoms with E-state index in [9.17, 15) is 0 Å². The molecule has 2 aromatic carbocycles. The summed E-state index contributed by atoms with van der Waals surface area (Å²) in [6.45, 7) is 5.79. The van der Waals surface area contributed by atoms with E-state index in [0.29, 0.717) is 18.4 Å². The van der Waals surface area contributed by atoms with Gasteiger partial charge in [-0.3, -0.25) is 4.99 Å². The Morgan fingerprint density at radius 2 is 1.87 bits per heavy atom. The third kappa shape index (κ3) is 7.03. The average Bonchev–Trinajstić information content (AvgIpc) is 2.53. The molecule has 3 N–H and O–H groups in total. The Labute approximate surface area is 156 Å². The van der Waals surface area contributed by atoms with Crippen molar-refractivity contribution in [3.05, 3.63) is 71.3 Å². The molecule has 0 aliphatic carbocycles. The molecule has 1 unspecified atom stereocenters. The van der Waals surface area contributed by atoms with Gasteiger partial charge in [-0.25, -0.2) is 0 Å². The van der Waals surface area contributed by atoms with Crippen LogP contribution in [0.3, 0.4) is 0 Å². The van der Waals surface area contributed by atoms with Crippen LogP contribution in [0.5, 0.6) is 0 Å². The second kappa shape index (κ2) is 10.3. The fourth-order valence-electron chi connectivity index (χ4n) is 2.35. The molecule has 1 atom stereocenters. The molecule has 0 fully saturated rings. The van der Waals surface area contributed by atoms with Crippen molar-refractivity contribution in [3.8, 4) is 0 Å². The van der Waals surface area contributed by atoms with Crippen LogP contribution in [0.15, 0.2) is 59.6 Å². The molecule has 2 rings (SSSR count). The summed E-state index contributed by atoms with van der Waals surface area (Å²) >= 11 is 0. The van der Waals surface area contributed by atoms with Crippen molar-refractivity contribution >= 4 is 29.9 Å². The van der Waals surface area contributed by atoms with Crippen molar-refractivity contribution in [1.29, 1.82) is 0 Å². The maximum Gasteiger partial charge on any atom is 0.188 e. The smallest absolute Gasteiger partial charge is 0.188 e. The highest BCUT2D eigenvalue weighted by Crippen LogP contribution is 2.16. The van der Waals surface area contributed by atoms with Crippen LogP contribution >= 0.6 is 24.0 Å². The molecule has 0 heterocycles. The molecule has 2 aromatic rings. The zero-order valence-electron chi connectivity index (χ0n) is 13.8. The van der Waals surface area contributed by atoms with Gasteiger partial charge < -0.3 is 11.1 Å². The highest BCUT2D eigenvalue weighted by molar-refractivity contribution is 14.0. The van der Waals surface area contributed by atoms with Crippen LogP contribution in [-0.2, 0) is 6.42 Å². The van der Waals surface area contributed by atoms with E-state index >= 15 is 0 Å². The number of hydrogen-bond donors (Lipinski definition) is 2. The molecule has 0 amide bonds. The second-order valence-electron chi connectivity index (χ2n) is 5.70. The summed E-state index contributed by atoms with van der Waals surface area (Å²) in [4.78, 5) is 4.44. The van der Waals surface area contributed by atoms with Crippen LogP contribution in [0.2, 0.25) is 0 Å². The molecular formula is C19H26IN3. The Bertz CT molecular complexity index is 611. The van der Waals surface area contributed by atoms with Gasteiger partial charge in [0.1, 0.15) is 0 Å². The van der Waals surface area contributed by atoms with E-state index in [1.54, 1.807) is 0 Å². The van der Waals surface area contributed by atoms with Gasteiger partial charge in [0.2, 0.25) is 0 Å². The quantitative estimate of drug-likeness (QED) is 0.421. The van der Waals surface area contributed by atoms with Gasteiger partial charge in [-0.2, -0.15) is 0 Å². The first-order valence-corrected chi connectivity index (χ1v) is 7.79. The van der Waals surface area contributed by atoms with Gasteiger partial charge in [-0.1, -0.05) is 67.1 Å². The van der Waals surface area contributed by atoms with Crippen molar-refractivity contribution in [1.82, 2.24) is 5.32 Å².